The van der Waals surface area contributed by atoms with Gasteiger partial charge in [-0.1, -0.05) is 12.1 Å². The lowest BCUT2D eigenvalue weighted by Crippen LogP contribution is -2.27. The van der Waals surface area contributed by atoms with Gasteiger partial charge in [0.25, 0.3) is 0 Å². The van der Waals surface area contributed by atoms with E-state index >= 15 is 0 Å². The van der Waals surface area contributed by atoms with Gasteiger partial charge in [0.1, 0.15) is 5.82 Å². The largest absolute Gasteiger partial charge is 0.477 e. The van der Waals surface area contributed by atoms with Crippen molar-refractivity contribution in [1.29, 1.82) is 0 Å². The molecule has 1 aromatic carbocycles. The van der Waals surface area contributed by atoms with Crippen LogP contribution in [0.4, 0.5) is 13.2 Å². The Balaban J connectivity index is 0.00000256. The van der Waals surface area contributed by atoms with E-state index in [4.69, 9.17) is 10.8 Å². The van der Waals surface area contributed by atoms with Gasteiger partial charge >= 0.3 is 11.9 Å². The molecule has 0 fully saturated rings. The lowest BCUT2D eigenvalue weighted by molar-refractivity contribution is -0.166. The van der Waals surface area contributed by atoms with Crippen molar-refractivity contribution in [2.24, 2.45) is 5.73 Å². The molecule has 96 valence electrons. The Morgan fingerprint density at radius 3 is 2.41 bits per heavy atom. The normalized spacial score (nSPS) is 12.8. The number of carboxylic acid groups (broad SMARTS) is 1. The van der Waals surface area contributed by atoms with Gasteiger partial charge in [-0.05, 0) is 13.0 Å². The minimum Gasteiger partial charge on any atom is -0.477 e. The van der Waals surface area contributed by atoms with E-state index in [9.17, 15) is 18.0 Å². The lowest BCUT2D eigenvalue weighted by atomic mass is 10.0. The third-order valence-electron chi connectivity index (χ3n) is 2.13. The molecule has 0 spiro atoms. The zero-order chi connectivity index (χ0) is 12.5. The number of hydrogen-bond donors (Lipinski definition) is 2. The van der Waals surface area contributed by atoms with Gasteiger partial charge in [0.15, 0.2) is 0 Å². The molecule has 0 saturated heterocycles. The van der Waals surface area contributed by atoms with Crippen LogP contribution < -0.4 is 5.73 Å². The molecule has 0 aliphatic rings. The molecule has 7 heteroatoms. The maximum Gasteiger partial charge on any atom is 0.379 e. The van der Waals surface area contributed by atoms with E-state index < -0.39 is 29.3 Å². The standard InChI is InChI=1S/C10H10F3NO2.ClH/c1-5(14)6-3-2-4-7(8(6)11)10(12,13)9(15)16;/h2-5H,14H2,1H3,(H,15,16);1H/t5-;/m1./s1. The fourth-order valence-corrected chi connectivity index (χ4v) is 1.26. The zero-order valence-corrected chi connectivity index (χ0v) is 9.60. The highest BCUT2D eigenvalue weighted by Gasteiger charge is 2.43. The van der Waals surface area contributed by atoms with Crippen molar-refractivity contribution in [1.82, 2.24) is 0 Å². The summed E-state index contributed by atoms with van der Waals surface area (Å²) in [5.41, 5.74) is 4.06. The van der Waals surface area contributed by atoms with Crippen molar-refractivity contribution < 1.29 is 23.1 Å². The first kappa shape index (κ1) is 15.7. The number of carboxylic acids is 1. The van der Waals surface area contributed by atoms with Crippen molar-refractivity contribution in [2.75, 3.05) is 0 Å². The van der Waals surface area contributed by atoms with Gasteiger partial charge < -0.3 is 10.8 Å². The molecule has 0 aliphatic carbocycles. The van der Waals surface area contributed by atoms with Crippen molar-refractivity contribution in [3.63, 3.8) is 0 Å². The Labute approximate surface area is 102 Å². The molecule has 0 radical (unpaired) electrons. The van der Waals surface area contributed by atoms with E-state index in [-0.39, 0.29) is 18.0 Å². The van der Waals surface area contributed by atoms with Gasteiger partial charge in [0, 0.05) is 11.6 Å². The van der Waals surface area contributed by atoms with Crippen LogP contribution in [0.2, 0.25) is 0 Å². The topological polar surface area (TPSA) is 63.3 Å². The number of benzene rings is 1. The second-order valence-electron chi connectivity index (χ2n) is 3.38. The molecule has 0 amide bonds. The van der Waals surface area contributed by atoms with Crippen LogP contribution in [-0.2, 0) is 10.7 Å². The van der Waals surface area contributed by atoms with E-state index in [0.29, 0.717) is 0 Å². The lowest BCUT2D eigenvalue weighted by Gasteiger charge is -2.15. The van der Waals surface area contributed by atoms with Crippen LogP contribution in [0.25, 0.3) is 0 Å². The summed E-state index contributed by atoms with van der Waals surface area (Å²) in [5.74, 6) is -7.92. The molecular formula is C10H11ClF3NO2. The Hall–Kier alpha value is -1.27. The number of alkyl halides is 2. The number of rotatable bonds is 3. The zero-order valence-electron chi connectivity index (χ0n) is 8.78. The van der Waals surface area contributed by atoms with Gasteiger partial charge in [0.05, 0.1) is 5.56 Å². The summed E-state index contributed by atoms with van der Waals surface area (Å²) in [4.78, 5) is 10.3. The molecule has 1 atom stereocenters. The van der Waals surface area contributed by atoms with E-state index in [1.807, 2.05) is 0 Å². The van der Waals surface area contributed by atoms with Crippen LogP contribution in [0.5, 0.6) is 0 Å². The van der Waals surface area contributed by atoms with Gasteiger partial charge in [-0.15, -0.1) is 12.4 Å². The van der Waals surface area contributed by atoms with Gasteiger partial charge in [-0.2, -0.15) is 8.78 Å². The van der Waals surface area contributed by atoms with Crippen LogP contribution in [0.1, 0.15) is 24.1 Å². The molecule has 0 saturated carbocycles. The van der Waals surface area contributed by atoms with Gasteiger partial charge in [0.2, 0.25) is 0 Å². The van der Waals surface area contributed by atoms with Crippen LogP contribution in [0.15, 0.2) is 18.2 Å². The molecule has 3 N–H and O–H groups in total. The van der Waals surface area contributed by atoms with Gasteiger partial charge in [-0.3, -0.25) is 0 Å². The third kappa shape index (κ3) is 2.89. The van der Waals surface area contributed by atoms with Crippen LogP contribution >= 0.6 is 12.4 Å². The van der Waals surface area contributed by atoms with E-state index in [2.05, 4.69) is 0 Å². The molecular weight excluding hydrogens is 259 g/mol. The quantitative estimate of drug-likeness (QED) is 0.886. The number of halogens is 4. The van der Waals surface area contributed by atoms with Gasteiger partial charge in [-0.25, -0.2) is 9.18 Å². The summed E-state index contributed by atoms with van der Waals surface area (Å²) < 4.78 is 39.8. The third-order valence-corrected chi connectivity index (χ3v) is 2.13. The predicted octanol–water partition coefficient (Wildman–Crippen LogP) is 2.44. The first-order valence-electron chi connectivity index (χ1n) is 4.44. The van der Waals surface area contributed by atoms with E-state index in [0.717, 1.165) is 12.1 Å². The fourth-order valence-electron chi connectivity index (χ4n) is 1.26. The maximum absolute atomic E-state index is 13.6. The Bertz CT molecular complexity index is 424. The monoisotopic (exact) mass is 269 g/mol. The number of carbonyl (C=O) groups is 1. The maximum atomic E-state index is 13.6. The van der Waals surface area contributed by atoms with Crippen molar-refractivity contribution in [3.8, 4) is 0 Å². The highest BCUT2D eigenvalue weighted by atomic mass is 35.5. The Morgan fingerprint density at radius 1 is 1.47 bits per heavy atom. The summed E-state index contributed by atoms with van der Waals surface area (Å²) in [7, 11) is 0. The number of nitrogens with two attached hydrogens (primary N) is 1. The molecule has 0 unspecified atom stereocenters. The summed E-state index contributed by atoms with van der Waals surface area (Å²) in [6.45, 7) is 1.42. The summed E-state index contributed by atoms with van der Waals surface area (Å²) in [6.07, 6.45) is 0. The molecule has 0 bridgehead atoms. The summed E-state index contributed by atoms with van der Waals surface area (Å²) >= 11 is 0. The van der Waals surface area contributed by atoms with E-state index in [1.165, 1.54) is 13.0 Å². The van der Waals surface area contributed by atoms with Crippen LogP contribution in [0, 0.1) is 5.82 Å². The minimum atomic E-state index is -4.25. The molecule has 1 aromatic rings. The molecule has 17 heavy (non-hydrogen) atoms. The number of aliphatic carboxylic acids is 1. The summed E-state index contributed by atoms with van der Waals surface area (Å²) in [5, 5.41) is 8.30. The smallest absolute Gasteiger partial charge is 0.379 e. The molecule has 0 aliphatic heterocycles. The highest BCUT2D eigenvalue weighted by Crippen LogP contribution is 2.32. The van der Waals surface area contributed by atoms with Crippen molar-refractivity contribution in [2.45, 2.75) is 18.9 Å². The van der Waals surface area contributed by atoms with Crippen molar-refractivity contribution >= 4 is 18.4 Å². The second-order valence-corrected chi connectivity index (χ2v) is 3.38. The molecule has 0 heterocycles. The SMILES string of the molecule is C[C@@H](N)c1cccc(C(F)(F)C(=O)O)c1F.Cl. The highest BCUT2D eigenvalue weighted by molar-refractivity contribution is 5.85. The Kier molecular flexibility index (Phi) is 4.97. The first-order chi connectivity index (χ1) is 7.28. The summed E-state index contributed by atoms with van der Waals surface area (Å²) in [6, 6.07) is 2.33. The molecule has 1 rings (SSSR count). The molecule has 3 nitrogen and oxygen atoms in total. The Morgan fingerprint density at radius 2 is 2.00 bits per heavy atom. The minimum absolute atomic E-state index is 0. The number of hydrogen-bond acceptors (Lipinski definition) is 2. The average Bonchev–Trinajstić information content (AvgIpc) is 2.16. The van der Waals surface area contributed by atoms with E-state index in [1.54, 1.807) is 0 Å². The fraction of sp³-hybridized carbons (Fsp3) is 0.300. The second kappa shape index (κ2) is 5.37. The predicted molar refractivity (Wildman–Crippen MR) is 57.8 cm³/mol. The first-order valence-corrected chi connectivity index (χ1v) is 4.44. The van der Waals surface area contributed by atoms with Crippen LogP contribution in [0.3, 0.4) is 0 Å². The molecule has 0 aromatic heterocycles. The van der Waals surface area contributed by atoms with Crippen LogP contribution in [-0.4, -0.2) is 11.1 Å². The average molecular weight is 270 g/mol. The van der Waals surface area contributed by atoms with Crippen molar-refractivity contribution in [3.05, 3.63) is 35.1 Å².